The van der Waals surface area contributed by atoms with Crippen molar-refractivity contribution in [1.82, 2.24) is 0 Å². The molecule has 0 rings (SSSR count). The van der Waals surface area contributed by atoms with Crippen molar-refractivity contribution < 1.29 is 0 Å². The number of hydrogen-bond acceptors (Lipinski definition) is 1. The van der Waals surface area contributed by atoms with Crippen molar-refractivity contribution in [3.8, 4) is 0 Å². The van der Waals surface area contributed by atoms with E-state index in [1.807, 2.05) is 0 Å². The van der Waals surface area contributed by atoms with Crippen LogP contribution in [0.3, 0.4) is 0 Å². The van der Waals surface area contributed by atoms with Gasteiger partial charge in [0.25, 0.3) is 0 Å². The monoisotopic (exact) mass is 125 g/mol. The molecule has 0 atom stereocenters. The minimum atomic E-state index is -0.387. The summed E-state index contributed by atoms with van der Waals surface area (Å²) in [4.78, 5) is 3.03. The van der Waals surface area contributed by atoms with Gasteiger partial charge in [0.15, 0.2) is 0 Å². The molecule has 0 radical (unpaired) electrons. The highest BCUT2D eigenvalue weighted by Crippen LogP contribution is 1.99. The fourth-order valence-electron chi connectivity index (χ4n) is 0.0976. The Hall–Kier alpha value is 0.250. The highest BCUT2D eigenvalue weighted by molar-refractivity contribution is 6.44. The number of aliphatic imine (C=N–C) groups is 1. The quantitative estimate of drug-likeness (QED) is 0.392. The van der Waals surface area contributed by atoms with Crippen LogP contribution in [0.4, 0.5) is 0 Å². The van der Waals surface area contributed by atoms with Gasteiger partial charge in [0.2, 0.25) is 0 Å². The number of alkyl halides is 2. The largest absolute Gasteiger partial charge is 0.298 e. The van der Waals surface area contributed by atoms with E-state index in [1.54, 1.807) is 0 Å². The van der Waals surface area contributed by atoms with Gasteiger partial charge in [-0.25, -0.2) is 0 Å². The fraction of sp³-hybridized carbons (Fsp3) is 0.667. The lowest BCUT2D eigenvalue weighted by Gasteiger charge is -1.87. The lowest BCUT2D eigenvalue weighted by Crippen LogP contribution is -1.88. The van der Waals surface area contributed by atoms with E-state index in [0.29, 0.717) is 6.54 Å². The van der Waals surface area contributed by atoms with Gasteiger partial charge in [-0.2, -0.15) is 0 Å². The van der Waals surface area contributed by atoms with Gasteiger partial charge >= 0.3 is 0 Å². The summed E-state index contributed by atoms with van der Waals surface area (Å²) in [6.45, 7) is 3.60. The molecule has 0 spiro atoms. The lowest BCUT2D eigenvalue weighted by atomic mass is 10.8. The van der Waals surface area contributed by atoms with Crippen LogP contribution in [0, 0.1) is 0 Å². The molecule has 0 amide bonds. The molecule has 1 nitrogen and oxygen atoms in total. The van der Waals surface area contributed by atoms with Crippen molar-refractivity contribution >= 4 is 29.9 Å². The number of rotatable bonds is 2. The Morgan fingerprint density at radius 2 is 2.17 bits per heavy atom. The molecule has 0 fully saturated rings. The van der Waals surface area contributed by atoms with Crippen molar-refractivity contribution in [2.24, 2.45) is 4.99 Å². The SMILES string of the molecule is C=NCC(Cl)Cl. The van der Waals surface area contributed by atoms with Crippen LogP contribution in [-0.4, -0.2) is 18.1 Å². The maximum atomic E-state index is 5.21. The van der Waals surface area contributed by atoms with Crippen LogP contribution < -0.4 is 0 Å². The Labute approximate surface area is 47.0 Å². The van der Waals surface area contributed by atoms with Crippen molar-refractivity contribution in [3.05, 3.63) is 0 Å². The molecule has 0 aliphatic heterocycles. The standard InChI is InChI=1S/C3H5Cl2N/c1-6-2-3(4)5/h3H,1-2H2. The molecule has 0 N–H and O–H groups in total. The van der Waals surface area contributed by atoms with Crippen LogP contribution in [0.25, 0.3) is 0 Å². The van der Waals surface area contributed by atoms with Crippen LogP contribution in [0.2, 0.25) is 0 Å². The number of hydrogen-bond donors (Lipinski definition) is 0. The second-order valence-corrected chi connectivity index (χ2v) is 2.07. The maximum Gasteiger partial charge on any atom is 0.127 e. The van der Waals surface area contributed by atoms with Gasteiger partial charge in [-0.15, -0.1) is 23.2 Å². The Kier molecular flexibility index (Phi) is 3.58. The molecule has 3 heteroatoms. The molecule has 0 aliphatic carbocycles. The third-order valence-electron chi connectivity index (χ3n) is 0.267. The van der Waals surface area contributed by atoms with E-state index in [9.17, 15) is 0 Å². The second-order valence-electron chi connectivity index (χ2n) is 0.797. The Morgan fingerprint density at radius 3 is 2.17 bits per heavy atom. The summed E-state index contributed by atoms with van der Waals surface area (Å²) in [5.41, 5.74) is 0. The molecular weight excluding hydrogens is 121 g/mol. The van der Waals surface area contributed by atoms with Gasteiger partial charge in [0, 0.05) is 0 Å². The van der Waals surface area contributed by atoms with Crippen molar-refractivity contribution in [3.63, 3.8) is 0 Å². The summed E-state index contributed by atoms with van der Waals surface area (Å²) in [5.74, 6) is 0. The van der Waals surface area contributed by atoms with E-state index >= 15 is 0 Å². The molecule has 0 aromatic heterocycles. The van der Waals surface area contributed by atoms with E-state index in [-0.39, 0.29) is 4.84 Å². The minimum absolute atomic E-state index is 0.387. The summed E-state index contributed by atoms with van der Waals surface area (Å²) in [6.07, 6.45) is 0. The Bertz CT molecular complexity index is 44.1. The molecule has 0 bridgehead atoms. The van der Waals surface area contributed by atoms with Gasteiger partial charge in [0.05, 0.1) is 6.54 Å². The van der Waals surface area contributed by atoms with Crippen LogP contribution in [0.1, 0.15) is 0 Å². The van der Waals surface area contributed by atoms with E-state index in [2.05, 4.69) is 11.7 Å². The van der Waals surface area contributed by atoms with Crippen LogP contribution in [0.15, 0.2) is 4.99 Å². The molecule has 6 heavy (non-hydrogen) atoms. The molecule has 0 aliphatic rings. The predicted octanol–water partition coefficient (Wildman–Crippen LogP) is 1.49. The average Bonchev–Trinajstić information content (AvgIpc) is 1.35. The zero-order valence-corrected chi connectivity index (χ0v) is 4.71. The van der Waals surface area contributed by atoms with Crippen LogP contribution >= 0.6 is 23.2 Å². The van der Waals surface area contributed by atoms with Crippen LogP contribution in [0.5, 0.6) is 0 Å². The molecule has 0 heterocycles. The third kappa shape index (κ3) is 4.25. The van der Waals surface area contributed by atoms with Gasteiger partial charge in [-0.05, 0) is 6.72 Å². The van der Waals surface area contributed by atoms with Gasteiger partial charge in [0.1, 0.15) is 4.84 Å². The van der Waals surface area contributed by atoms with E-state index in [1.165, 1.54) is 0 Å². The number of nitrogens with zero attached hydrogens (tertiary/aromatic N) is 1. The van der Waals surface area contributed by atoms with Gasteiger partial charge < -0.3 is 0 Å². The summed E-state index contributed by atoms with van der Waals surface area (Å²) in [6, 6.07) is 0. The van der Waals surface area contributed by atoms with Crippen molar-refractivity contribution in [2.45, 2.75) is 4.84 Å². The maximum absolute atomic E-state index is 5.21. The second kappa shape index (κ2) is 3.44. The molecule has 0 aromatic rings. The van der Waals surface area contributed by atoms with E-state index in [4.69, 9.17) is 23.2 Å². The first-order chi connectivity index (χ1) is 2.77. The first kappa shape index (κ1) is 6.25. The smallest absolute Gasteiger partial charge is 0.127 e. The summed E-state index contributed by atoms with van der Waals surface area (Å²) in [5, 5.41) is 0. The minimum Gasteiger partial charge on any atom is -0.298 e. The molecule has 0 unspecified atom stereocenters. The first-order valence-corrected chi connectivity index (χ1v) is 2.35. The molecule has 0 saturated carbocycles. The number of halogens is 2. The molecule has 0 aromatic carbocycles. The third-order valence-corrected chi connectivity index (χ3v) is 0.543. The van der Waals surface area contributed by atoms with Gasteiger partial charge in [-0.3, -0.25) is 4.99 Å². The Morgan fingerprint density at radius 1 is 1.67 bits per heavy atom. The predicted molar refractivity (Wildman–Crippen MR) is 29.9 cm³/mol. The highest BCUT2D eigenvalue weighted by Gasteiger charge is 1.90. The van der Waals surface area contributed by atoms with E-state index < -0.39 is 0 Å². The molecule has 36 valence electrons. The lowest BCUT2D eigenvalue weighted by molar-refractivity contribution is 1.10. The normalized spacial score (nSPS) is 9.17. The summed E-state index contributed by atoms with van der Waals surface area (Å²) < 4.78 is 0. The van der Waals surface area contributed by atoms with Crippen LogP contribution in [-0.2, 0) is 0 Å². The molecular formula is C3H5Cl2N. The van der Waals surface area contributed by atoms with Crippen molar-refractivity contribution in [1.29, 1.82) is 0 Å². The summed E-state index contributed by atoms with van der Waals surface area (Å²) in [7, 11) is 0. The van der Waals surface area contributed by atoms with E-state index in [0.717, 1.165) is 0 Å². The highest BCUT2D eigenvalue weighted by atomic mass is 35.5. The van der Waals surface area contributed by atoms with Crippen molar-refractivity contribution in [2.75, 3.05) is 6.54 Å². The Balaban J connectivity index is 2.81. The average molecular weight is 126 g/mol. The molecule has 0 saturated heterocycles. The zero-order chi connectivity index (χ0) is 4.99. The fourth-order valence-corrected chi connectivity index (χ4v) is 0.293. The first-order valence-electron chi connectivity index (χ1n) is 1.48. The topological polar surface area (TPSA) is 12.4 Å². The summed E-state index contributed by atoms with van der Waals surface area (Å²) >= 11 is 10.4. The zero-order valence-electron chi connectivity index (χ0n) is 3.19. The van der Waals surface area contributed by atoms with Gasteiger partial charge in [-0.1, -0.05) is 0 Å².